The summed E-state index contributed by atoms with van der Waals surface area (Å²) in [7, 11) is 0. The molecule has 0 bridgehead atoms. The molecule has 2 aromatic carbocycles. The van der Waals surface area contributed by atoms with Crippen molar-refractivity contribution in [1.29, 1.82) is 0 Å². The van der Waals surface area contributed by atoms with E-state index in [-0.39, 0.29) is 0 Å². The van der Waals surface area contributed by atoms with E-state index in [0.717, 1.165) is 72.2 Å². The molecular formula is C28H30N2O2. The number of allylic oxidation sites excluding steroid dienone is 1. The molecule has 3 aromatic rings. The van der Waals surface area contributed by atoms with Crippen LogP contribution in [0.2, 0.25) is 0 Å². The summed E-state index contributed by atoms with van der Waals surface area (Å²) in [6, 6.07) is 18.4. The fourth-order valence-corrected chi connectivity index (χ4v) is 4.50. The lowest BCUT2D eigenvalue weighted by Gasteiger charge is -2.30. The molecule has 0 atom stereocenters. The Morgan fingerprint density at radius 3 is 2.50 bits per heavy atom. The topological polar surface area (TPSA) is 42.4 Å². The van der Waals surface area contributed by atoms with Crippen molar-refractivity contribution in [3.05, 3.63) is 77.5 Å². The molecule has 0 spiro atoms. The predicted octanol–water partition coefficient (Wildman–Crippen LogP) is 5.78. The van der Waals surface area contributed by atoms with Crippen LogP contribution in [0.1, 0.15) is 42.5 Å². The lowest BCUT2D eigenvalue weighted by atomic mass is 9.95. The highest BCUT2D eigenvalue weighted by Gasteiger charge is 2.34. The van der Waals surface area contributed by atoms with Crippen LogP contribution in [0, 0.1) is 18.8 Å². The minimum absolute atomic E-state index is 0.320. The highest BCUT2D eigenvalue weighted by Crippen LogP contribution is 2.34. The number of fused-ring (bicyclic) bond motifs is 1. The van der Waals surface area contributed by atoms with Gasteiger partial charge in [0, 0.05) is 30.0 Å². The third-order valence-corrected chi connectivity index (χ3v) is 6.64. The summed E-state index contributed by atoms with van der Waals surface area (Å²) in [5, 5.41) is 1.05. The Morgan fingerprint density at radius 2 is 1.75 bits per heavy atom. The van der Waals surface area contributed by atoms with Crippen molar-refractivity contribution in [2.75, 3.05) is 13.1 Å². The van der Waals surface area contributed by atoms with Gasteiger partial charge in [-0.25, -0.2) is 4.98 Å². The molecule has 1 amide bonds. The second-order valence-electron chi connectivity index (χ2n) is 9.04. The third-order valence-electron chi connectivity index (χ3n) is 6.64. The molecule has 0 N–H and O–H groups in total. The lowest BCUT2D eigenvalue weighted by molar-refractivity contribution is -0.133. The first-order valence-electron chi connectivity index (χ1n) is 11.7. The molecule has 2 heterocycles. The molecule has 2 aliphatic rings. The number of aromatic nitrogens is 1. The minimum atomic E-state index is 0.320. The molecule has 4 nitrogen and oxygen atoms in total. The van der Waals surface area contributed by atoms with Gasteiger partial charge < -0.3 is 9.64 Å². The summed E-state index contributed by atoms with van der Waals surface area (Å²) >= 11 is 0. The van der Waals surface area contributed by atoms with Crippen LogP contribution >= 0.6 is 0 Å². The van der Waals surface area contributed by atoms with E-state index in [4.69, 9.17) is 9.72 Å². The molecule has 32 heavy (non-hydrogen) atoms. The Hall–Kier alpha value is -3.14. The SMILES string of the molecule is Cc1c(C=CC2CCN(C(=O)C3CC3)CC2)nc2ccccc2c1OCc1ccccc1. The van der Waals surface area contributed by atoms with Gasteiger partial charge in [-0.3, -0.25) is 4.79 Å². The van der Waals surface area contributed by atoms with Crippen LogP contribution in [0.15, 0.2) is 60.7 Å². The van der Waals surface area contributed by atoms with Crippen molar-refractivity contribution in [3.8, 4) is 5.75 Å². The monoisotopic (exact) mass is 426 g/mol. The Bertz CT molecular complexity index is 1130. The van der Waals surface area contributed by atoms with E-state index < -0.39 is 0 Å². The molecule has 2 fully saturated rings. The van der Waals surface area contributed by atoms with Crippen molar-refractivity contribution in [2.45, 2.75) is 39.2 Å². The van der Waals surface area contributed by atoms with Crippen LogP contribution < -0.4 is 4.74 Å². The van der Waals surface area contributed by atoms with Gasteiger partial charge in [0.2, 0.25) is 5.91 Å². The van der Waals surface area contributed by atoms with E-state index in [1.54, 1.807) is 0 Å². The summed E-state index contributed by atoms with van der Waals surface area (Å²) in [6.07, 6.45) is 8.66. The first-order chi connectivity index (χ1) is 15.7. The molecule has 5 rings (SSSR count). The van der Waals surface area contributed by atoms with Crippen molar-refractivity contribution < 1.29 is 9.53 Å². The van der Waals surface area contributed by atoms with Crippen molar-refractivity contribution in [2.24, 2.45) is 11.8 Å². The summed E-state index contributed by atoms with van der Waals surface area (Å²) in [4.78, 5) is 19.3. The van der Waals surface area contributed by atoms with Gasteiger partial charge >= 0.3 is 0 Å². The zero-order chi connectivity index (χ0) is 21.9. The Kier molecular flexibility index (Phi) is 5.93. The summed E-state index contributed by atoms with van der Waals surface area (Å²) in [5.41, 5.74) is 4.13. The van der Waals surface area contributed by atoms with Gasteiger partial charge in [-0.2, -0.15) is 0 Å². The molecule has 1 saturated heterocycles. The fraction of sp³-hybridized carbons (Fsp3) is 0.357. The number of likely N-dealkylation sites (tertiary alicyclic amines) is 1. The zero-order valence-corrected chi connectivity index (χ0v) is 18.7. The molecule has 164 valence electrons. The number of rotatable bonds is 6. The Balaban J connectivity index is 1.33. The largest absolute Gasteiger partial charge is 0.488 e. The maximum absolute atomic E-state index is 12.3. The van der Waals surface area contributed by atoms with Crippen LogP contribution in [0.25, 0.3) is 17.0 Å². The molecule has 1 aliphatic carbocycles. The number of piperidine rings is 1. The van der Waals surface area contributed by atoms with Gasteiger partial charge in [0.05, 0.1) is 11.2 Å². The van der Waals surface area contributed by atoms with Crippen molar-refractivity contribution in [1.82, 2.24) is 9.88 Å². The molecule has 1 saturated carbocycles. The second kappa shape index (κ2) is 9.15. The van der Waals surface area contributed by atoms with Crippen LogP contribution in [0.4, 0.5) is 0 Å². The number of hydrogen-bond acceptors (Lipinski definition) is 3. The van der Waals surface area contributed by atoms with Gasteiger partial charge in [0.25, 0.3) is 0 Å². The van der Waals surface area contributed by atoms with Gasteiger partial charge in [-0.1, -0.05) is 48.5 Å². The Labute approximate surface area is 189 Å². The fourth-order valence-electron chi connectivity index (χ4n) is 4.50. The van der Waals surface area contributed by atoms with Crippen LogP contribution in [0.3, 0.4) is 0 Å². The second-order valence-corrected chi connectivity index (χ2v) is 9.04. The maximum atomic E-state index is 12.3. The van der Waals surface area contributed by atoms with Crippen LogP contribution in [-0.2, 0) is 11.4 Å². The quantitative estimate of drug-likeness (QED) is 0.501. The summed E-state index contributed by atoms with van der Waals surface area (Å²) in [5.74, 6) is 2.09. The van der Waals surface area contributed by atoms with Gasteiger partial charge in [-0.15, -0.1) is 0 Å². The average molecular weight is 427 g/mol. The normalized spacial score (nSPS) is 17.2. The minimum Gasteiger partial charge on any atom is -0.488 e. The van der Waals surface area contributed by atoms with E-state index in [1.807, 2.05) is 36.4 Å². The lowest BCUT2D eigenvalue weighted by Crippen LogP contribution is -2.38. The van der Waals surface area contributed by atoms with E-state index >= 15 is 0 Å². The van der Waals surface area contributed by atoms with Crippen LogP contribution in [0.5, 0.6) is 5.75 Å². The number of amides is 1. The highest BCUT2D eigenvalue weighted by molar-refractivity contribution is 5.88. The number of para-hydroxylation sites is 1. The molecule has 1 aliphatic heterocycles. The van der Waals surface area contributed by atoms with E-state index in [9.17, 15) is 4.79 Å². The maximum Gasteiger partial charge on any atom is 0.225 e. The number of nitrogens with zero attached hydrogens (tertiary/aromatic N) is 2. The average Bonchev–Trinajstić information content (AvgIpc) is 3.68. The smallest absolute Gasteiger partial charge is 0.225 e. The van der Waals surface area contributed by atoms with Gasteiger partial charge in [-0.05, 0) is 62.3 Å². The van der Waals surface area contributed by atoms with Gasteiger partial charge in [0.15, 0.2) is 0 Å². The van der Waals surface area contributed by atoms with Gasteiger partial charge in [0.1, 0.15) is 12.4 Å². The zero-order valence-electron chi connectivity index (χ0n) is 18.7. The number of ether oxygens (including phenoxy) is 1. The van der Waals surface area contributed by atoms with Crippen LogP contribution in [-0.4, -0.2) is 28.9 Å². The molecule has 0 radical (unpaired) electrons. The Morgan fingerprint density at radius 1 is 1.03 bits per heavy atom. The summed E-state index contributed by atoms with van der Waals surface area (Å²) < 4.78 is 6.32. The molecular weight excluding hydrogens is 396 g/mol. The highest BCUT2D eigenvalue weighted by atomic mass is 16.5. The molecule has 1 aromatic heterocycles. The number of hydrogen-bond donors (Lipinski definition) is 0. The third kappa shape index (κ3) is 4.55. The number of pyridine rings is 1. The predicted molar refractivity (Wildman–Crippen MR) is 128 cm³/mol. The number of carbonyl (C=O) groups excluding carboxylic acids is 1. The first kappa shape index (κ1) is 20.7. The molecule has 4 heteroatoms. The van der Waals surface area contributed by atoms with E-state index in [2.05, 4.69) is 42.2 Å². The standard InChI is InChI=1S/C28H30N2O2/c1-20-25(14-11-21-15-17-30(18-16-21)28(31)23-12-13-23)29-26-10-6-5-9-24(26)27(20)32-19-22-7-3-2-4-8-22/h2-11,14,21,23H,12-13,15-19H2,1H3. The van der Waals surface area contributed by atoms with E-state index in [1.165, 1.54) is 0 Å². The van der Waals surface area contributed by atoms with Crippen molar-refractivity contribution >= 4 is 22.9 Å². The molecule has 0 unspecified atom stereocenters. The number of carbonyl (C=O) groups is 1. The van der Waals surface area contributed by atoms with E-state index in [0.29, 0.717) is 24.3 Å². The summed E-state index contributed by atoms with van der Waals surface area (Å²) in [6.45, 7) is 4.38. The first-order valence-corrected chi connectivity index (χ1v) is 11.7. The van der Waals surface area contributed by atoms with Crippen molar-refractivity contribution in [3.63, 3.8) is 0 Å². The number of benzene rings is 2.